The Bertz CT molecular complexity index is 1120. The van der Waals surface area contributed by atoms with Crippen LogP contribution < -0.4 is 0 Å². The molecule has 7 heteroatoms. The van der Waals surface area contributed by atoms with Crippen LogP contribution in [0.15, 0.2) is 23.8 Å². The molecule has 43 heavy (non-hydrogen) atoms. The van der Waals surface area contributed by atoms with Crippen molar-refractivity contribution in [2.75, 3.05) is 6.61 Å². The summed E-state index contributed by atoms with van der Waals surface area (Å²) in [6.07, 6.45) is 7.28. The van der Waals surface area contributed by atoms with Crippen molar-refractivity contribution in [1.82, 2.24) is 0 Å². The van der Waals surface area contributed by atoms with Crippen LogP contribution >= 0.6 is 0 Å². The van der Waals surface area contributed by atoms with Gasteiger partial charge in [0.05, 0.1) is 12.2 Å². The number of ketones is 1. The van der Waals surface area contributed by atoms with E-state index in [4.69, 9.17) is 9.47 Å². The molecule has 0 amide bonds. The molecule has 5 rings (SSSR count). The van der Waals surface area contributed by atoms with Crippen LogP contribution in [0.1, 0.15) is 107 Å². The molecule has 3 saturated carbocycles. The first-order chi connectivity index (χ1) is 19.9. The molecule has 0 aromatic heterocycles. The minimum atomic E-state index is -1.51. The molecule has 7 unspecified atom stereocenters. The van der Waals surface area contributed by atoms with Crippen molar-refractivity contribution in [3.8, 4) is 0 Å². The molecule has 13 atom stereocenters. The highest BCUT2D eigenvalue weighted by Crippen LogP contribution is 2.74. The number of hydrogen-bond acceptors (Lipinski definition) is 7. The van der Waals surface area contributed by atoms with Crippen LogP contribution in [-0.4, -0.2) is 69.1 Å². The maximum atomic E-state index is 14.6. The van der Waals surface area contributed by atoms with Crippen molar-refractivity contribution >= 4 is 5.78 Å². The van der Waals surface area contributed by atoms with Gasteiger partial charge in [0.1, 0.15) is 30.2 Å². The first-order valence-electron chi connectivity index (χ1n) is 16.8. The molecule has 0 radical (unpaired) electrons. The van der Waals surface area contributed by atoms with Crippen LogP contribution in [0.5, 0.6) is 0 Å². The van der Waals surface area contributed by atoms with E-state index in [1.54, 1.807) is 0 Å². The van der Waals surface area contributed by atoms with Gasteiger partial charge in [-0.3, -0.25) is 4.79 Å². The Balaban J connectivity index is 1.49. The molecule has 1 saturated heterocycles. The third-order valence-corrected chi connectivity index (χ3v) is 13.6. The molecular formula is C36H58O7. The summed E-state index contributed by atoms with van der Waals surface area (Å²) in [5.41, 5.74) is 0.384. The van der Waals surface area contributed by atoms with Crippen molar-refractivity contribution in [3.63, 3.8) is 0 Å². The average molecular weight is 603 g/mol. The predicted molar refractivity (Wildman–Crippen MR) is 166 cm³/mol. The first kappa shape index (κ1) is 33.3. The third-order valence-electron chi connectivity index (χ3n) is 13.6. The van der Waals surface area contributed by atoms with Crippen LogP contribution in [0.3, 0.4) is 0 Å². The fourth-order valence-corrected chi connectivity index (χ4v) is 11.1. The van der Waals surface area contributed by atoms with Crippen LogP contribution in [0.2, 0.25) is 0 Å². The second-order valence-electron chi connectivity index (χ2n) is 16.7. The minimum Gasteiger partial charge on any atom is -0.394 e. The number of carbonyl (C=O) groups excluding carboxylic acids is 1. The summed E-state index contributed by atoms with van der Waals surface area (Å²) in [6.45, 7) is 17.7. The molecule has 4 N–H and O–H groups in total. The monoisotopic (exact) mass is 602 g/mol. The van der Waals surface area contributed by atoms with E-state index < -0.39 is 42.9 Å². The molecule has 0 aromatic carbocycles. The van der Waals surface area contributed by atoms with Gasteiger partial charge >= 0.3 is 0 Å². The first-order valence-corrected chi connectivity index (χ1v) is 16.8. The number of ether oxygens (including phenoxy) is 2. The predicted octanol–water partition coefficient (Wildman–Crippen LogP) is 5.34. The van der Waals surface area contributed by atoms with E-state index >= 15 is 0 Å². The van der Waals surface area contributed by atoms with E-state index in [0.29, 0.717) is 30.5 Å². The standard InChI is InChI=1S/C36H58O7/c1-21(2)11-9-16-36(8,43-31-30(41)29(40)28(39)24(20-37)42-31)22-12-17-35(7)27(22)23(38)19-26-33(5)15-10-14-32(3,4)25(33)13-18-34(26,35)6/h10-11,14,22,24-31,37,39-41H,9,12-13,15-20H2,1-8H3/t22?,24?,25?,26?,27?,28-,29?,30?,31+,33+,34-,35-,36+/m1/s1. The van der Waals surface area contributed by atoms with Crippen molar-refractivity contribution in [2.45, 2.75) is 143 Å². The SMILES string of the molecule is CC(C)=CCC[C@](C)(O[C@@H]1OC(CO)[C@@H](O)C(O)C1O)C1CC[C@]2(C)C1C(=O)CC1[C@@]3(C)CC=CC(C)(C)C3CC[C@]12C. The maximum Gasteiger partial charge on any atom is 0.187 e. The Labute approximate surface area is 259 Å². The van der Waals surface area contributed by atoms with Gasteiger partial charge in [-0.2, -0.15) is 0 Å². The lowest BCUT2D eigenvalue weighted by Crippen LogP contribution is -2.65. The van der Waals surface area contributed by atoms with E-state index in [9.17, 15) is 25.2 Å². The largest absolute Gasteiger partial charge is 0.394 e. The highest BCUT2D eigenvalue weighted by Gasteiger charge is 2.71. The summed E-state index contributed by atoms with van der Waals surface area (Å²) >= 11 is 0. The van der Waals surface area contributed by atoms with Crippen molar-refractivity contribution in [2.24, 2.45) is 45.3 Å². The smallest absolute Gasteiger partial charge is 0.187 e. The van der Waals surface area contributed by atoms with E-state index in [0.717, 1.165) is 32.1 Å². The van der Waals surface area contributed by atoms with Gasteiger partial charge in [0, 0.05) is 12.3 Å². The van der Waals surface area contributed by atoms with Crippen molar-refractivity contribution in [1.29, 1.82) is 0 Å². The second-order valence-corrected chi connectivity index (χ2v) is 16.7. The summed E-state index contributed by atoms with van der Waals surface area (Å²) in [7, 11) is 0. The molecule has 1 heterocycles. The molecule has 1 aliphatic heterocycles. The summed E-state index contributed by atoms with van der Waals surface area (Å²) in [6, 6.07) is 0. The molecule has 7 nitrogen and oxygen atoms in total. The fourth-order valence-electron chi connectivity index (χ4n) is 11.1. The lowest BCUT2D eigenvalue weighted by atomic mass is 9.36. The normalized spacial score (nSPS) is 48.6. The van der Waals surface area contributed by atoms with Gasteiger partial charge in [-0.25, -0.2) is 0 Å². The molecule has 0 spiro atoms. The van der Waals surface area contributed by atoms with E-state index in [2.05, 4.69) is 66.7 Å². The Kier molecular flexibility index (Phi) is 8.75. The average Bonchev–Trinajstić information content (AvgIpc) is 3.30. The van der Waals surface area contributed by atoms with Gasteiger partial charge in [0.2, 0.25) is 0 Å². The summed E-state index contributed by atoms with van der Waals surface area (Å²) in [5.74, 6) is 0.944. The lowest BCUT2D eigenvalue weighted by molar-refractivity contribution is -0.333. The Morgan fingerprint density at radius 1 is 1.02 bits per heavy atom. The number of fused-ring (bicyclic) bond motifs is 5. The van der Waals surface area contributed by atoms with Gasteiger partial charge in [-0.1, -0.05) is 58.4 Å². The minimum absolute atomic E-state index is 0.0107. The summed E-state index contributed by atoms with van der Waals surface area (Å²) in [4.78, 5) is 14.6. The van der Waals surface area contributed by atoms with Gasteiger partial charge in [0.15, 0.2) is 6.29 Å². The van der Waals surface area contributed by atoms with Crippen LogP contribution in [0.4, 0.5) is 0 Å². The zero-order valence-corrected chi connectivity index (χ0v) is 27.8. The number of aliphatic hydroxyl groups is 4. The van der Waals surface area contributed by atoms with Crippen molar-refractivity contribution < 1.29 is 34.7 Å². The fraction of sp³-hybridized carbons (Fsp3) is 0.861. The van der Waals surface area contributed by atoms with Gasteiger partial charge in [-0.15, -0.1) is 0 Å². The zero-order chi connectivity index (χ0) is 31.8. The third kappa shape index (κ3) is 5.13. The van der Waals surface area contributed by atoms with Crippen molar-refractivity contribution in [3.05, 3.63) is 23.8 Å². The van der Waals surface area contributed by atoms with E-state index in [1.807, 2.05) is 6.92 Å². The zero-order valence-electron chi connectivity index (χ0n) is 27.8. The van der Waals surface area contributed by atoms with Crippen LogP contribution in [0, 0.1) is 45.3 Å². The number of aliphatic hydroxyl groups excluding tert-OH is 4. The van der Waals surface area contributed by atoms with Crippen LogP contribution in [-0.2, 0) is 14.3 Å². The highest BCUT2D eigenvalue weighted by atomic mass is 16.7. The topological polar surface area (TPSA) is 116 Å². The molecule has 5 aliphatic rings. The maximum absolute atomic E-state index is 14.6. The molecule has 0 bridgehead atoms. The molecule has 0 aromatic rings. The van der Waals surface area contributed by atoms with Gasteiger partial charge in [0.25, 0.3) is 0 Å². The van der Waals surface area contributed by atoms with Gasteiger partial charge < -0.3 is 29.9 Å². The summed E-state index contributed by atoms with van der Waals surface area (Å²) < 4.78 is 12.6. The molecule has 244 valence electrons. The van der Waals surface area contributed by atoms with Gasteiger partial charge in [-0.05, 0) is 105 Å². The lowest BCUT2D eigenvalue weighted by Gasteiger charge is -2.68. The number of carbonyl (C=O) groups is 1. The van der Waals surface area contributed by atoms with E-state index in [-0.39, 0.29) is 33.5 Å². The Morgan fingerprint density at radius 3 is 2.35 bits per heavy atom. The summed E-state index contributed by atoms with van der Waals surface area (Å²) in [5, 5.41) is 41.6. The Hall–Kier alpha value is -1.09. The van der Waals surface area contributed by atoms with E-state index in [1.165, 1.54) is 12.0 Å². The number of Topliss-reactive ketones (excluding diaryl/α,β-unsaturated/α-hetero) is 1. The number of rotatable bonds is 7. The quantitative estimate of drug-likeness (QED) is 0.291. The molecule has 4 fully saturated rings. The van der Waals surface area contributed by atoms with Crippen LogP contribution in [0.25, 0.3) is 0 Å². The number of allylic oxidation sites excluding steroid dienone is 4. The Morgan fingerprint density at radius 2 is 1.70 bits per heavy atom. The highest BCUT2D eigenvalue weighted by molar-refractivity contribution is 5.84. The number of hydrogen-bond donors (Lipinski definition) is 4. The molecular weight excluding hydrogens is 544 g/mol. The second kappa shape index (κ2) is 11.3. The molecule has 4 aliphatic carbocycles.